The van der Waals surface area contributed by atoms with E-state index in [0.29, 0.717) is 48.5 Å². The van der Waals surface area contributed by atoms with Crippen LogP contribution in [0.1, 0.15) is 62.4 Å². The number of benzene rings is 1. The van der Waals surface area contributed by atoms with Crippen molar-refractivity contribution in [3.8, 4) is 0 Å². The molecule has 0 amide bonds. The highest BCUT2D eigenvalue weighted by atomic mass is 16.6. The summed E-state index contributed by atoms with van der Waals surface area (Å²) in [5.74, 6) is -1.49. The maximum Gasteiger partial charge on any atom is 0.337 e. The van der Waals surface area contributed by atoms with Crippen LogP contribution >= 0.6 is 0 Å². The van der Waals surface area contributed by atoms with Gasteiger partial charge in [-0.15, -0.1) is 0 Å². The average Bonchev–Trinajstić information content (AvgIpc) is 2.74. The van der Waals surface area contributed by atoms with Crippen molar-refractivity contribution in [3.63, 3.8) is 0 Å². The third-order valence-corrected chi connectivity index (χ3v) is 5.79. The number of rotatable bonds is 7. The zero-order valence-electron chi connectivity index (χ0n) is 19.4. The Hall–Kier alpha value is -2.93. The van der Waals surface area contributed by atoms with Gasteiger partial charge in [-0.25, -0.2) is 9.59 Å². The Labute approximate surface area is 188 Å². The maximum atomic E-state index is 13.3. The van der Waals surface area contributed by atoms with Crippen LogP contribution in [0.25, 0.3) is 0 Å². The largest absolute Gasteiger partial charge is 0.465 e. The molecule has 0 unspecified atom stereocenters. The monoisotopic (exact) mass is 441 g/mol. The van der Waals surface area contributed by atoms with Gasteiger partial charge < -0.3 is 19.5 Å². The Morgan fingerprint density at radius 2 is 1.78 bits per heavy atom. The molecule has 3 rings (SSSR count). The maximum absolute atomic E-state index is 13.3. The Bertz CT molecular complexity index is 971. The fraction of sp³-hybridized carbons (Fsp3) is 0.480. The number of esters is 2. The van der Waals surface area contributed by atoms with Gasteiger partial charge in [0, 0.05) is 35.9 Å². The number of carbonyl (C=O) groups excluding carboxylic acids is 3. The zero-order valence-corrected chi connectivity index (χ0v) is 19.4. The first-order chi connectivity index (χ1) is 15.2. The normalized spacial score (nSPS) is 19.9. The molecule has 1 N–H and O–H groups in total. The third kappa shape index (κ3) is 4.93. The minimum absolute atomic E-state index is 0.0120. The SMILES string of the molecule is CCOCCOC(=O)C1=C(C)NC2=C(C(=O)CC(C)(C)C2)[C@H]1c1ccc(C(=O)OC)cc1. The number of ether oxygens (including phenoxy) is 3. The van der Waals surface area contributed by atoms with E-state index in [1.807, 2.05) is 13.8 Å². The van der Waals surface area contributed by atoms with Crippen LogP contribution in [0, 0.1) is 5.41 Å². The molecule has 1 heterocycles. The lowest BCUT2D eigenvalue weighted by Crippen LogP contribution is -2.38. The van der Waals surface area contributed by atoms with Gasteiger partial charge in [0.1, 0.15) is 6.61 Å². The zero-order chi connectivity index (χ0) is 23.5. The number of hydrogen-bond acceptors (Lipinski definition) is 7. The molecule has 0 spiro atoms. The predicted octanol–water partition coefficient (Wildman–Crippen LogP) is 3.66. The van der Waals surface area contributed by atoms with E-state index in [0.717, 1.165) is 11.3 Å². The van der Waals surface area contributed by atoms with Gasteiger partial charge in [-0.3, -0.25) is 4.79 Å². The summed E-state index contributed by atoms with van der Waals surface area (Å²) in [5, 5.41) is 3.31. The molecular formula is C25H31NO6. The summed E-state index contributed by atoms with van der Waals surface area (Å²) < 4.78 is 15.5. The lowest BCUT2D eigenvalue weighted by atomic mass is 9.68. The van der Waals surface area contributed by atoms with E-state index in [1.54, 1.807) is 24.3 Å². The standard InChI is InChI=1S/C25H31NO6/c1-6-31-11-12-32-24(29)20-15(2)26-18-13-25(3,4)14-19(27)22(18)21(20)16-7-9-17(10-8-16)23(28)30-5/h7-10,21,26H,6,11-14H2,1-5H3/t21-/m0/s1. The van der Waals surface area contributed by atoms with Crippen molar-refractivity contribution in [3.05, 3.63) is 57.9 Å². The second kappa shape index (κ2) is 9.69. The molecule has 7 heteroatoms. The van der Waals surface area contributed by atoms with E-state index in [1.165, 1.54) is 7.11 Å². The first-order valence-corrected chi connectivity index (χ1v) is 10.9. The quantitative estimate of drug-likeness (QED) is 0.510. The van der Waals surface area contributed by atoms with E-state index in [2.05, 4.69) is 19.2 Å². The van der Waals surface area contributed by atoms with Crippen molar-refractivity contribution < 1.29 is 28.6 Å². The molecule has 1 aliphatic carbocycles. The molecule has 32 heavy (non-hydrogen) atoms. The van der Waals surface area contributed by atoms with Crippen LogP contribution in [0.15, 0.2) is 46.8 Å². The summed E-state index contributed by atoms with van der Waals surface area (Å²) in [6.07, 6.45) is 1.10. The number of allylic oxidation sites excluding steroid dienone is 3. The fourth-order valence-electron chi connectivity index (χ4n) is 4.38. The second-order valence-electron chi connectivity index (χ2n) is 8.88. The molecule has 2 aliphatic rings. The van der Waals surface area contributed by atoms with Crippen molar-refractivity contribution in [2.24, 2.45) is 5.41 Å². The van der Waals surface area contributed by atoms with Crippen molar-refractivity contribution in [2.45, 2.75) is 46.5 Å². The van der Waals surface area contributed by atoms with Gasteiger partial charge in [0.25, 0.3) is 0 Å². The van der Waals surface area contributed by atoms with Crippen molar-refractivity contribution in [2.75, 3.05) is 26.9 Å². The molecule has 0 saturated heterocycles. The molecule has 7 nitrogen and oxygen atoms in total. The minimum atomic E-state index is -0.568. The van der Waals surface area contributed by atoms with Crippen LogP contribution in [-0.4, -0.2) is 44.7 Å². The minimum Gasteiger partial charge on any atom is -0.465 e. The van der Waals surface area contributed by atoms with Gasteiger partial charge in [-0.2, -0.15) is 0 Å². The Kier molecular flexibility index (Phi) is 7.19. The number of Topliss-reactive ketones (excluding diaryl/α,β-unsaturated/α-hetero) is 1. The molecule has 1 aromatic carbocycles. The number of ketones is 1. The molecule has 0 saturated carbocycles. The number of carbonyl (C=O) groups is 3. The van der Waals surface area contributed by atoms with Crippen LogP contribution in [0.4, 0.5) is 0 Å². The molecular weight excluding hydrogens is 410 g/mol. The first-order valence-electron chi connectivity index (χ1n) is 10.9. The molecule has 1 aliphatic heterocycles. The van der Waals surface area contributed by atoms with Gasteiger partial charge in [0.05, 0.1) is 24.9 Å². The summed E-state index contributed by atoms with van der Waals surface area (Å²) in [6, 6.07) is 6.82. The Morgan fingerprint density at radius 3 is 2.41 bits per heavy atom. The van der Waals surface area contributed by atoms with Crippen molar-refractivity contribution in [1.82, 2.24) is 5.32 Å². The molecule has 1 aromatic rings. The summed E-state index contributed by atoms with van der Waals surface area (Å²) in [5.41, 5.74) is 3.48. The van der Waals surface area contributed by atoms with Crippen LogP contribution in [0.3, 0.4) is 0 Å². The second-order valence-corrected chi connectivity index (χ2v) is 8.88. The highest BCUT2D eigenvalue weighted by Gasteiger charge is 2.43. The fourth-order valence-corrected chi connectivity index (χ4v) is 4.38. The molecule has 1 atom stereocenters. The van der Waals surface area contributed by atoms with E-state index >= 15 is 0 Å². The highest BCUT2D eigenvalue weighted by molar-refractivity contribution is 6.04. The Morgan fingerprint density at radius 1 is 1.09 bits per heavy atom. The van der Waals surface area contributed by atoms with E-state index < -0.39 is 17.9 Å². The topological polar surface area (TPSA) is 90.9 Å². The van der Waals surface area contributed by atoms with Crippen molar-refractivity contribution in [1.29, 1.82) is 0 Å². The summed E-state index contributed by atoms with van der Waals surface area (Å²) in [7, 11) is 1.32. The molecule has 0 fully saturated rings. The van der Waals surface area contributed by atoms with Crippen LogP contribution in [-0.2, 0) is 23.8 Å². The lowest BCUT2D eigenvalue weighted by Gasteiger charge is -2.39. The van der Waals surface area contributed by atoms with E-state index in [-0.39, 0.29) is 17.8 Å². The predicted molar refractivity (Wildman–Crippen MR) is 119 cm³/mol. The van der Waals surface area contributed by atoms with Crippen molar-refractivity contribution >= 4 is 17.7 Å². The van der Waals surface area contributed by atoms with Crippen LogP contribution < -0.4 is 5.32 Å². The van der Waals surface area contributed by atoms with Gasteiger partial charge in [-0.05, 0) is 43.4 Å². The lowest BCUT2D eigenvalue weighted by molar-refractivity contribution is -0.140. The summed E-state index contributed by atoms with van der Waals surface area (Å²) >= 11 is 0. The van der Waals surface area contributed by atoms with Gasteiger partial charge >= 0.3 is 11.9 Å². The van der Waals surface area contributed by atoms with E-state index in [4.69, 9.17) is 14.2 Å². The smallest absolute Gasteiger partial charge is 0.337 e. The van der Waals surface area contributed by atoms with Crippen LogP contribution in [0.2, 0.25) is 0 Å². The van der Waals surface area contributed by atoms with Gasteiger partial charge in [-0.1, -0.05) is 26.0 Å². The number of dihydropyridines is 1. The van der Waals surface area contributed by atoms with E-state index in [9.17, 15) is 14.4 Å². The summed E-state index contributed by atoms with van der Waals surface area (Å²) in [6.45, 7) is 8.80. The molecule has 172 valence electrons. The molecule has 0 aromatic heterocycles. The number of methoxy groups -OCH3 is 1. The highest BCUT2D eigenvalue weighted by Crippen LogP contribution is 2.46. The third-order valence-electron chi connectivity index (χ3n) is 5.79. The Balaban J connectivity index is 2.03. The van der Waals surface area contributed by atoms with Gasteiger partial charge in [0.15, 0.2) is 5.78 Å². The number of hydrogen-bond donors (Lipinski definition) is 1. The molecule has 0 bridgehead atoms. The van der Waals surface area contributed by atoms with Crippen LogP contribution in [0.5, 0.6) is 0 Å². The average molecular weight is 442 g/mol. The number of nitrogens with one attached hydrogen (secondary N) is 1. The summed E-state index contributed by atoms with van der Waals surface area (Å²) in [4.78, 5) is 38.2. The van der Waals surface area contributed by atoms with Gasteiger partial charge in [0.2, 0.25) is 0 Å². The molecule has 0 radical (unpaired) electrons. The first kappa shape index (κ1) is 23.7.